The molecule has 0 unspecified atom stereocenters. The van der Waals surface area contributed by atoms with E-state index in [0.29, 0.717) is 32.3 Å². The molecule has 3 aromatic carbocycles. The largest absolute Gasteiger partial charge is 0.493 e. The van der Waals surface area contributed by atoms with E-state index in [1.807, 2.05) is 54.6 Å². The van der Waals surface area contributed by atoms with E-state index in [4.69, 9.17) is 35.5 Å². The molecule has 4 aromatic rings. The van der Waals surface area contributed by atoms with Crippen molar-refractivity contribution in [2.24, 2.45) is 0 Å². The number of aromatic nitrogens is 2. The lowest BCUT2D eigenvalue weighted by Gasteiger charge is -2.19. The Morgan fingerprint density at radius 1 is 0.588 bits per heavy atom. The molecule has 0 atom stereocenters. The first-order valence-corrected chi connectivity index (χ1v) is 19.4. The van der Waals surface area contributed by atoms with Crippen molar-refractivity contribution < 1.29 is 18.9 Å². The average molecular weight is 722 g/mol. The lowest BCUT2D eigenvalue weighted by Crippen LogP contribution is -2.28. The Balaban J connectivity index is 1.58. The van der Waals surface area contributed by atoms with Crippen molar-refractivity contribution in [3.8, 4) is 34.4 Å². The highest BCUT2D eigenvalue weighted by atomic mass is 35.5. The van der Waals surface area contributed by atoms with Crippen LogP contribution in [0.25, 0.3) is 22.4 Å². The van der Waals surface area contributed by atoms with Gasteiger partial charge in [-0.05, 0) is 81.9 Å². The summed E-state index contributed by atoms with van der Waals surface area (Å²) in [6, 6.07) is 17.9. The molecule has 1 heterocycles. The number of nitrogens with zero attached hydrogens (tertiary/aromatic N) is 4. The van der Waals surface area contributed by atoms with Crippen LogP contribution in [-0.4, -0.2) is 110 Å². The maximum Gasteiger partial charge on any atom is 0.150 e. The first-order valence-electron chi connectivity index (χ1n) is 19.0. The van der Waals surface area contributed by atoms with E-state index in [1.54, 1.807) is 0 Å². The lowest BCUT2D eigenvalue weighted by atomic mass is 10.1. The van der Waals surface area contributed by atoms with Gasteiger partial charge in [-0.15, -0.1) is 0 Å². The van der Waals surface area contributed by atoms with Crippen molar-refractivity contribution >= 4 is 22.6 Å². The first kappa shape index (κ1) is 40.3. The number of aromatic amines is 1. The Hall–Kier alpha value is -3.50. The van der Waals surface area contributed by atoms with Gasteiger partial charge in [0.05, 0.1) is 30.9 Å². The summed E-state index contributed by atoms with van der Waals surface area (Å²) in [5.74, 6) is 3.68. The predicted molar refractivity (Wildman–Crippen MR) is 211 cm³/mol. The van der Waals surface area contributed by atoms with Crippen LogP contribution in [0.15, 0.2) is 54.6 Å². The Labute approximate surface area is 311 Å². The molecular weight excluding hydrogens is 662 g/mol. The number of rotatable bonds is 25. The molecule has 0 spiro atoms. The third-order valence-corrected chi connectivity index (χ3v) is 9.67. The highest BCUT2D eigenvalue weighted by molar-refractivity contribution is 6.30. The Morgan fingerprint density at radius 2 is 1.16 bits per heavy atom. The average Bonchev–Trinajstić information content (AvgIpc) is 3.58. The molecule has 1 aromatic heterocycles. The van der Waals surface area contributed by atoms with E-state index < -0.39 is 0 Å². The van der Waals surface area contributed by atoms with Gasteiger partial charge in [0.2, 0.25) is 0 Å². The van der Waals surface area contributed by atoms with Crippen LogP contribution in [0.1, 0.15) is 59.9 Å². The van der Waals surface area contributed by atoms with Crippen LogP contribution in [0.4, 0.5) is 0 Å². The molecule has 0 aliphatic carbocycles. The van der Waals surface area contributed by atoms with Gasteiger partial charge in [0.25, 0.3) is 0 Å². The third kappa shape index (κ3) is 12.6. The number of halogens is 1. The van der Waals surface area contributed by atoms with E-state index in [9.17, 15) is 0 Å². The van der Waals surface area contributed by atoms with Crippen molar-refractivity contribution in [3.63, 3.8) is 0 Å². The molecule has 0 fully saturated rings. The summed E-state index contributed by atoms with van der Waals surface area (Å²) >= 11 is 6.07. The van der Waals surface area contributed by atoms with Crippen molar-refractivity contribution in [1.29, 1.82) is 0 Å². The molecule has 10 heteroatoms. The van der Waals surface area contributed by atoms with Gasteiger partial charge >= 0.3 is 0 Å². The fourth-order valence-corrected chi connectivity index (χ4v) is 6.21. The third-order valence-electron chi connectivity index (χ3n) is 9.42. The van der Waals surface area contributed by atoms with Gasteiger partial charge in [0.1, 0.15) is 35.2 Å². The number of hydrogen-bond acceptors (Lipinski definition) is 8. The Bertz CT molecular complexity index is 1570. The predicted octanol–water partition coefficient (Wildman–Crippen LogP) is 8.45. The SMILES string of the molecule is CCN(CC)CCCOc1cc(OCCCN(CC)CC)c2nc(-c3ccc(OCCc4ccc(Cl)cc4)cc3OCCN(CC)CC)[nH]c2c1. The number of imidazole rings is 1. The summed E-state index contributed by atoms with van der Waals surface area (Å²) in [4.78, 5) is 15.8. The highest BCUT2D eigenvalue weighted by Crippen LogP contribution is 2.37. The van der Waals surface area contributed by atoms with Gasteiger partial charge in [0.15, 0.2) is 5.75 Å². The van der Waals surface area contributed by atoms with Crippen LogP contribution >= 0.6 is 11.6 Å². The molecule has 0 amide bonds. The van der Waals surface area contributed by atoms with E-state index in [1.165, 1.54) is 5.56 Å². The van der Waals surface area contributed by atoms with Crippen molar-refractivity contribution in [1.82, 2.24) is 24.7 Å². The summed E-state index contributed by atoms with van der Waals surface area (Å²) in [5, 5.41) is 0.732. The van der Waals surface area contributed by atoms with Crippen LogP contribution in [0.5, 0.6) is 23.0 Å². The van der Waals surface area contributed by atoms with Gasteiger partial charge in [-0.2, -0.15) is 0 Å². The number of ether oxygens (including phenoxy) is 4. The summed E-state index contributed by atoms with van der Waals surface area (Å²) in [5.41, 5.74) is 3.68. The van der Waals surface area contributed by atoms with Crippen LogP contribution in [-0.2, 0) is 6.42 Å². The maximum absolute atomic E-state index is 6.46. The first-order chi connectivity index (χ1) is 24.9. The molecule has 4 rings (SSSR count). The van der Waals surface area contributed by atoms with Crippen molar-refractivity contribution in [2.75, 3.05) is 85.3 Å². The molecule has 0 aliphatic heterocycles. The van der Waals surface area contributed by atoms with Crippen molar-refractivity contribution in [2.45, 2.75) is 60.8 Å². The van der Waals surface area contributed by atoms with E-state index in [2.05, 4.69) is 61.2 Å². The van der Waals surface area contributed by atoms with Gasteiger partial charge < -0.3 is 38.6 Å². The van der Waals surface area contributed by atoms with E-state index in [-0.39, 0.29) is 0 Å². The molecule has 0 saturated heterocycles. The molecule has 0 aliphatic rings. The minimum Gasteiger partial charge on any atom is -0.493 e. The summed E-state index contributed by atoms with van der Waals surface area (Å²) in [6.07, 6.45) is 2.66. The number of hydrogen-bond donors (Lipinski definition) is 1. The number of fused-ring (bicyclic) bond motifs is 1. The van der Waals surface area contributed by atoms with Crippen LogP contribution in [0.3, 0.4) is 0 Å². The molecule has 9 nitrogen and oxygen atoms in total. The van der Waals surface area contributed by atoms with Crippen LogP contribution in [0.2, 0.25) is 5.02 Å². The Kier molecular flexibility index (Phi) is 17.2. The van der Waals surface area contributed by atoms with Crippen LogP contribution in [0, 0.1) is 0 Å². The zero-order chi connectivity index (χ0) is 36.4. The summed E-state index contributed by atoms with van der Waals surface area (Å²) in [7, 11) is 0. The normalized spacial score (nSPS) is 11.6. The molecule has 51 heavy (non-hydrogen) atoms. The van der Waals surface area contributed by atoms with Crippen LogP contribution < -0.4 is 18.9 Å². The quantitative estimate of drug-likeness (QED) is 0.0684. The summed E-state index contributed by atoms with van der Waals surface area (Å²) in [6.45, 7) is 24.4. The van der Waals surface area contributed by atoms with Gasteiger partial charge in [-0.25, -0.2) is 4.98 Å². The maximum atomic E-state index is 6.46. The number of H-pyrrole nitrogens is 1. The summed E-state index contributed by atoms with van der Waals surface area (Å²) < 4.78 is 25.4. The minimum atomic E-state index is 0.539. The second kappa shape index (κ2) is 21.8. The fourth-order valence-electron chi connectivity index (χ4n) is 6.08. The topological polar surface area (TPSA) is 75.3 Å². The highest BCUT2D eigenvalue weighted by Gasteiger charge is 2.18. The monoisotopic (exact) mass is 721 g/mol. The number of benzene rings is 3. The zero-order valence-corrected chi connectivity index (χ0v) is 32.6. The van der Waals surface area contributed by atoms with E-state index >= 15 is 0 Å². The lowest BCUT2D eigenvalue weighted by molar-refractivity contribution is 0.222. The molecule has 0 bridgehead atoms. The molecule has 1 N–H and O–H groups in total. The van der Waals surface area contributed by atoms with E-state index in [0.717, 1.165) is 123 Å². The smallest absolute Gasteiger partial charge is 0.150 e. The Morgan fingerprint density at radius 3 is 1.80 bits per heavy atom. The van der Waals surface area contributed by atoms with Gasteiger partial charge in [-0.1, -0.05) is 65.3 Å². The minimum absolute atomic E-state index is 0.539. The standard InChI is InChI=1S/C41H60ClN5O4/c1-7-45(8-2)22-13-25-48-35-29-37-40(39(31-35)50-26-14-23-46(9-3)10-4)44-41(43-37)36-20-19-34(30-38(36)51-28-24-47(11-5)12-6)49-27-21-32-15-17-33(42)18-16-32/h15-20,29-31H,7-14,21-28H2,1-6H3,(H,43,44). The van der Waals surface area contributed by atoms with Crippen molar-refractivity contribution in [3.05, 3.63) is 65.2 Å². The molecular formula is C41H60ClN5O4. The van der Waals surface area contributed by atoms with Gasteiger partial charge in [0, 0.05) is 49.3 Å². The molecule has 280 valence electrons. The number of likely N-dealkylation sites (N-methyl/N-ethyl adjacent to an activating group) is 1. The number of nitrogens with one attached hydrogen (secondary N) is 1. The van der Waals surface area contributed by atoms with Gasteiger partial charge in [-0.3, -0.25) is 0 Å². The fraction of sp³-hybridized carbons (Fsp3) is 0.537. The zero-order valence-electron chi connectivity index (χ0n) is 31.8. The second-order valence-electron chi connectivity index (χ2n) is 12.6. The molecule has 0 saturated carbocycles. The molecule has 0 radical (unpaired) electrons. The second-order valence-corrected chi connectivity index (χ2v) is 13.1.